The van der Waals surface area contributed by atoms with Crippen molar-refractivity contribution in [2.75, 3.05) is 13.7 Å². The molecule has 0 radical (unpaired) electrons. The van der Waals surface area contributed by atoms with Crippen LogP contribution in [0.5, 0.6) is 11.5 Å². The highest BCUT2D eigenvalue weighted by Crippen LogP contribution is 2.36. The van der Waals surface area contributed by atoms with Gasteiger partial charge in [0, 0.05) is 11.6 Å². The van der Waals surface area contributed by atoms with Crippen LogP contribution in [0.3, 0.4) is 0 Å². The Kier molecular flexibility index (Phi) is 6.11. The van der Waals surface area contributed by atoms with Gasteiger partial charge in [0.15, 0.2) is 5.60 Å². The molecule has 1 saturated heterocycles. The number of hydrogen-bond acceptors (Lipinski definition) is 7. The van der Waals surface area contributed by atoms with Gasteiger partial charge in [0.1, 0.15) is 35.6 Å². The summed E-state index contributed by atoms with van der Waals surface area (Å²) < 4.78 is 29.9. The number of benzene rings is 2. The third-order valence-corrected chi connectivity index (χ3v) is 5.14. The minimum atomic E-state index is -1.91. The van der Waals surface area contributed by atoms with Crippen LogP contribution >= 0.6 is 0 Å². The normalized spacial score (nSPS) is 29.5. The summed E-state index contributed by atoms with van der Waals surface area (Å²) in [7, 11) is 1.46. The van der Waals surface area contributed by atoms with E-state index >= 15 is 0 Å². The second-order valence-electron chi connectivity index (χ2n) is 7.29. The quantitative estimate of drug-likeness (QED) is 0.592. The molecule has 1 aliphatic heterocycles. The molecule has 1 aliphatic rings. The monoisotopic (exact) mass is 408 g/mol. The molecule has 3 rings (SSSR count). The Hall–Kier alpha value is -2.23. The largest absolute Gasteiger partial charge is 0.496 e. The third-order valence-electron chi connectivity index (χ3n) is 5.14. The molecular weight excluding hydrogens is 383 g/mol. The van der Waals surface area contributed by atoms with E-state index in [1.807, 2.05) is 0 Å². The topological polar surface area (TPSA) is 109 Å². The van der Waals surface area contributed by atoms with Crippen molar-refractivity contribution in [2.45, 2.75) is 44.1 Å². The molecule has 0 bridgehead atoms. The maximum Gasteiger partial charge on any atom is 0.231 e. The Bertz CT molecular complexity index is 870. The SMILES string of the molecule is COc1cc(F)ccc1-c1ccc(O[C@H]2O[C@H](CO)[C@@H](O)[C@H](O)[C@]2(C)O)c(C)c1. The predicted octanol–water partition coefficient (Wildman–Crippen LogP) is 1.38. The molecule has 0 aliphatic carbocycles. The van der Waals surface area contributed by atoms with Crippen LogP contribution in [0.2, 0.25) is 0 Å². The molecule has 2 aromatic carbocycles. The smallest absolute Gasteiger partial charge is 0.231 e. The number of methoxy groups -OCH3 is 1. The lowest BCUT2D eigenvalue weighted by Gasteiger charge is -2.45. The van der Waals surface area contributed by atoms with Crippen LogP contribution in [-0.4, -0.2) is 64.3 Å². The summed E-state index contributed by atoms with van der Waals surface area (Å²) >= 11 is 0. The molecule has 29 heavy (non-hydrogen) atoms. The highest BCUT2D eigenvalue weighted by atomic mass is 19.1. The van der Waals surface area contributed by atoms with E-state index in [1.165, 1.54) is 26.2 Å². The van der Waals surface area contributed by atoms with Gasteiger partial charge in [-0.1, -0.05) is 6.07 Å². The first-order valence-electron chi connectivity index (χ1n) is 9.15. The fraction of sp³-hybridized carbons (Fsp3) is 0.429. The molecule has 158 valence electrons. The zero-order valence-electron chi connectivity index (χ0n) is 16.4. The Morgan fingerprint density at radius 3 is 2.48 bits per heavy atom. The number of ether oxygens (including phenoxy) is 3. The minimum absolute atomic E-state index is 0.375. The molecule has 0 spiro atoms. The van der Waals surface area contributed by atoms with Crippen LogP contribution in [-0.2, 0) is 4.74 Å². The van der Waals surface area contributed by atoms with Crippen molar-refractivity contribution in [1.29, 1.82) is 0 Å². The van der Waals surface area contributed by atoms with E-state index in [-0.39, 0.29) is 0 Å². The maximum absolute atomic E-state index is 13.5. The second kappa shape index (κ2) is 8.25. The number of rotatable bonds is 5. The lowest BCUT2D eigenvalue weighted by molar-refractivity contribution is -0.314. The Labute approximate surface area is 167 Å². The molecule has 1 fully saturated rings. The third kappa shape index (κ3) is 4.08. The van der Waals surface area contributed by atoms with Gasteiger partial charge in [-0.25, -0.2) is 4.39 Å². The van der Waals surface area contributed by atoms with Gasteiger partial charge < -0.3 is 34.6 Å². The molecule has 5 atom stereocenters. The summed E-state index contributed by atoms with van der Waals surface area (Å²) in [5.74, 6) is 0.359. The van der Waals surface area contributed by atoms with E-state index in [2.05, 4.69) is 0 Å². The van der Waals surface area contributed by atoms with Gasteiger partial charge in [-0.3, -0.25) is 0 Å². The fourth-order valence-corrected chi connectivity index (χ4v) is 3.33. The number of aliphatic hydroxyl groups excluding tert-OH is 3. The lowest BCUT2D eigenvalue weighted by atomic mass is 9.88. The van der Waals surface area contributed by atoms with Crippen LogP contribution in [0, 0.1) is 12.7 Å². The number of aliphatic hydroxyl groups is 4. The summed E-state index contributed by atoms with van der Waals surface area (Å²) in [4.78, 5) is 0. The second-order valence-corrected chi connectivity index (χ2v) is 7.29. The van der Waals surface area contributed by atoms with Crippen LogP contribution < -0.4 is 9.47 Å². The summed E-state index contributed by atoms with van der Waals surface area (Å²) in [5, 5.41) is 40.1. The molecule has 4 N–H and O–H groups in total. The van der Waals surface area contributed by atoms with Crippen LogP contribution in [0.25, 0.3) is 11.1 Å². The molecule has 0 amide bonds. The highest BCUT2D eigenvalue weighted by Gasteiger charge is 2.53. The Balaban J connectivity index is 1.88. The van der Waals surface area contributed by atoms with E-state index in [0.29, 0.717) is 22.6 Å². The van der Waals surface area contributed by atoms with E-state index in [0.717, 1.165) is 5.56 Å². The van der Waals surface area contributed by atoms with Crippen molar-refractivity contribution >= 4 is 0 Å². The molecule has 2 aromatic rings. The van der Waals surface area contributed by atoms with Gasteiger partial charge in [-0.15, -0.1) is 0 Å². The van der Waals surface area contributed by atoms with Crippen LogP contribution in [0.15, 0.2) is 36.4 Å². The molecule has 0 saturated carbocycles. The van der Waals surface area contributed by atoms with E-state index in [9.17, 15) is 24.8 Å². The molecule has 8 heteroatoms. The Morgan fingerprint density at radius 2 is 1.86 bits per heavy atom. The fourth-order valence-electron chi connectivity index (χ4n) is 3.33. The standard InChI is InChI=1S/C21H25FO7/c1-11-8-12(14-6-5-13(22)9-16(14)27-3)4-7-15(11)28-20-21(2,26)19(25)18(24)17(10-23)29-20/h4-9,17-20,23-26H,10H2,1-3H3/t17-,18-,19+,20+,21+/m1/s1. The van der Waals surface area contributed by atoms with Crippen molar-refractivity contribution in [3.63, 3.8) is 0 Å². The minimum Gasteiger partial charge on any atom is -0.496 e. The average molecular weight is 408 g/mol. The number of halogens is 1. The average Bonchev–Trinajstić information content (AvgIpc) is 2.69. The van der Waals surface area contributed by atoms with Crippen molar-refractivity contribution < 1.29 is 39.0 Å². The van der Waals surface area contributed by atoms with Gasteiger partial charge in [-0.2, -0.15) is 0 Å². The number of aryl methyl sites for hydroxylation is 1. The van der Waals surface area contributed by atoms with Gasteiger partial charge in [0.05, 0.1) is 13.7 Å². The van der Waals surface area contributed by atoms with Crippen molar-refractivity contribution in [1.82, 2.24) is 0 Å². The first kappa shape index (κ1) is 21.5. The van der Waals surface area contributed by atoms with Gasteiger partial charge >= 0.3 is 0 Å². The highest BCUT2D eigenvalue weighted by molar-refractivity contribution is 5.71. The van der Waals surface area contributed by atoms with Crippen molar-refractivity contribution in [3.05, 3.63) is 47.8 Å². The van der Waals surface area contributed by atoms with Crippen LogP contribution in [0.4, 0.5) is 4.39 Å². The van der Waals surface area contributed by atoms with Crippen molar-refractivity contribution in [3.8, 4) is 22.6 Å². The molecule has 1 heterocycles. The van der Waals surface area contributed by atoms with Gasteiger partial charge in [0.2, 0.25) is 6.29 Å². The van der Waals surface area contributed by atoms with Crippen LogP contribution in [0.1, 0.15) is 12.5 Å². The summed E-state index contributed by atoms with van der Waals surface area (Å²) in [6, 6.07) is 9.44. The lowest BCUT2D eigenvalue weighted by Crippen LogP contribution is -2.66. The Morgan fingerprint density at radius 1 is 1.14 bits per heavy atom. The molecule has 7 nitrogen and oxygen atoms in total. The van der Waals surface area contributed by atoms with Gasteiger partial charge in [-0.05, 0) is 49.2 Å². The van der Waals surface area contributed by atoms with E-state index in [1.54, 1.807) is 31.2 Å². The maximum atomic E-state index is 13.5. The van der Waals surface area contributed by atoms with E-state index in [4.69, 9.17) is 14.2 Å². The summed E-state index contributed by atoms with van der Waals surface area (Å²) in [6.07, 6.45) is -5.44. The number of hydrogen-bond donors (Lipinski definition) is 4. The molecule has 0 unspecified atom stereocenters. The first-order chi connectivity index (χ1) is 13.7. The summed E-state index contributed by atoms with van der Waals surface area (Å²) in [5.41, 5.74) is 0.251. The first-order valence-corrected chi connectivity index (χ1v) is 9.15. The predicted molar refractivity (Wildman–Crippen MR) is 102 cm³/mol. The molecular formula is C21H25FO7. The van der Waals surface area contributed by atoms with E-state index < -0.39 is 42.6 Å². The summed E-state index contributed by atoms with van der Waals surface area (Å²) in [6.45, 7) is 2.52. The van der Waals surface area contributed by atoms with Crippen molar-refractivity contribution in [2.24, 2.45) is 0 Å². The molecule has 0 aromatic heterocycles. The zero-order chi connectivity index (χ0) is 21.3. The van der Waals surface area contributed by atoms with Gasteiger partial charge in [0.25, 0.3) is 0 Å². The zero-order valence-corrected chi connectivity index (χ0v) is 16.4.